The van der Waals surface area contributed by atoms with Crippen molar-refractivity contribution in [2.75, 3.05) is 0 Å². The molecule has 0 aliphatic carbocycles. The second-order valence-electron chi connectivity index (χ2n) is 0.469. The van der Waals surface area contributed by atoms with Crippen LogP contribution in [0.3, 0.4) is 0 Å². The molecule has 0 amide bonds. The smallest absolute Gasteiger partial charge is 0.790 e. The molecule has 6 nitrogen and oxygen atoms in total. The number of rotatable bonds is 0. The molecule has 0 heterocycles. The number of hydrogen-bond acceptors (Lipinski definition) is 5. The van der Waals surface area contributed by atoms with Crippen LogP contribution in [0, 0.1) is 0 Å². The third-order valence-corrected chi connectivity index (χ3v) is 0. The topological polar surface area (TPSA) is 153 Å². The summed E-state index contributed by atoms with van der Waals surface area (Å²) in [7, 11) is -5.14. The van der Waals surface area contributed by atoms with Crippen molar-refractivity contribution >= 4 is 20.2 Å². The van der Waals surface area contributed by atoms with E-state index in [1.165, 1.54) is 0 Å². The zero-order valence-electron chi connectivity index (χ0n) is 4.65. The maximum atomic E-state index is 8.66. The Kier molecular flexibility index (Phi) is 42.3. The first kappa shape index (κ1) is 32.5. The van der Waals surface area contributed by atoms with E-state index in [2.05, 4.69) is 0 Å². The van der Waals surface area contributed by atoms with Crippen LogP contribution < -0.4 is 22.1 Å². The van der Waals surface area contributed by atoms with Crippen molar-refractivity contribution in [2.24, 2.45) is 0 Å². The van der Waals surface area contributed by atoms with Crippen molar-refractivity contribution in [2.45, 2.75) is 0 Å². The van der Waals surface area contributed by atoms with E-state index in [9.17, 15) is 0 Å². The second kappa shape index (κ2) is 11.7. The summed E-state index contributed by atoms with van der Waals surface area (Å²) in [6.45, 7) is 0. The van der Waals surface area contributed by atoms with Crippen LogP contribution in [0.25, 0.3) is 0 Å². The van der Waals surface area contributed by atoms with Gasteiger partial charge in [-0.3, -0.25) is 0 Å². The van der Waals surface area contributed by atoms with Crippen LogP contribution in [0.2, 0.25) is 0 Å². The van der Waals surface area contributed by atoms with Gasteiger partial charge in [-0.25, -0.2) is 0 Å². The molecule has 0 aliphatic rings. The summed E-state index contributed by atoms with van der Waals surface area (Å²) in [6.07, 6.45) is 0. The van der Waals surface area contributed by atoms with Gasteiger partial charge in [0.25, 0.3) is 0 Å². The van der Waals surface area contributed by atoms with Crippen molar-refractivity contribution in [3.05, 3.63) is 0 Å². The maximum Gasteiger partial charge on any atom is 2.00 e. The Labute approximate surface area is 71.6 Å². The Morgan fingerprint density at radius 2 is 1.22 bits per heavy atom. The number of phosphoric acid groups is 1. The minimum Gasteiger partial charge on any atom is -0.790 e. The molecular formula is H8ClN2O4PZn. The minimum atomic E-state index is -5.14. The van der Waals surface area contributed by atoms with Gasteiger partial charge < -0.3 is 31.5 Å². The number of halogens is 1. The van der Waals surface area contributed by atoms with Gasteiger partial charge >= 0.3 is 19.5 Å². The van der Waals surface area contributed by atoms with E-state index in [0.29, 0.717) is 0 Å². The van der Waals surface area contributed by atoms with Crippen LogP contribution in [0.15, 0.2) is 0 Å². The molecule has 0 rings (SSSR count). The molecular weight excluding hydrogens is 224 g/mol. The van der Waals surface area contributed by atoms with E-state index in [1.807, 2.05) is 0 Å². The van der Waals surface area contributed by atoms with Crippen LogP contribution in [0.4, 0.5) is 0 Å². The van der Waals surface area contributed by atoms with Gasteiger partial charge in [-0.2, -0.15) is 0 Å². The van der Waals surface area contributed by atoms with Gasteiger partial charge in [0.1, 0.15) is 0 Å². The normalized spacial score (nSPS) is 6.56. The molecule has 0 unspecified atom stereocenters. The third kappa shape index (κ3) is 484. The average molecular weight is 232 g/mol. The fraction of sp³-hybridized carbons (Fsp3) is 0. The molecule has 0 radical (unpaired) electrons. The maximum absolute atomic E-state index is 8.66. The van der Waals surface area contributed by atoms with Crippen LogP contribution >= 0.6 is 20.2 Å². The zero-order valence-corrected chi connectivity index (χ0v) is 9.33. The Hall–Kier alpha value is 0.943. The van der Waals surface area contributed by atoms with Crippen molar-refractivity contribution in [3.63, 3.8) is 0 Å². The molecule has 0 bridgehead atoms. The van der Waals surface area contributed by atoms with Gasteiger partial charge in [-0.05, 0) is 0 Å². The van der Waals surface area contributed by atoms with Crippen molar-refractivity contribution < 1.29 is 38.7 Å². The first-order chi connectivity index (χ1) is 2.00. The summed E-state index contributed by atoms with van der Waals surface area (Å²) in [5.41, 5.74) is 0. The third-order valence-electron chi connectivity index (χ3n) is 0. The van der Waals surface area contributed by atoms with Gasteiger partial charge in [0.2, 0.25) is 0 Å². The second-order valence-corrected chi connectivity index (χ2v) is 1.41. The average Bonchev–Trinajstić information content (AvgIpc) is 0.722. The van der Waals surface area contributed by atoms with Crippen molar-refractivity contribution in [1.82, 2.24) is 12.3 Å². The molecule has 0 aliphatic heterocycles. The van der Waals surface area contributed by atoms with Gasteiger partial charge in [-0.1, -0.05) is 0 Å². The summed E-state index contributed by atoms with van der Waals surface area (Å²) >= 11 is 0. The van der Waals surface area contributed by atoms with E-state index in [1.54, 1.807) is 0 Å². The molecule has 9 heteroatoms. The SMILES string of the molecule is Cl.N.N.O=P([O-])([O-])O.[Zn+2]. The van der Waals surface area contributed by atoms with E-state index in [0.717, 1.165) is 0 Å². The van der Waals surface area contributed by atoms with Crippen LogP contribution in [0.1, 0.15) is 0 Å². The summed E-state index contributed by atoms with van der Waals surface area (Å²) < 4.78 is 8.66. The molecule has 56 valence electrons. The Balaban J connectivity index is -0.0000000133. The molecule has 0 saturated heterocycles. The first-order valence-corrected chi connectivity index (χ1v) is 2.24. The molecule has 0 atom stereocenters. The van der Waals surface area contributed by atoms with Crippen molar-refractivity contribution in [1.29, 1.82) is 0 Å². The van der Waals surface area contributed by atoms with Crippen LogP contribution in [0.5, 0.6) is 0 Å². The van der Waals surface area contributed by atoms with Gasteiger partial charge in [0.15, 0.2) is 0 Å². The summed E-state index contributed by atoms with van der Waals surface area (Å²) in [5, 5.41) is 0. The van der Waals surface area contributed by atoms with Gasteiger partial charge in [0, 0.05) is 0 Å². The van der Waals surface area contributed by atoms with E-state index < -0.39 is 7.82 Å². The summed E-state index contributed by atoms with van der Waals surface area (Å²) in [6, 6.07) is 0. The molecule has 0 saturated carbocycles. The fourth-order valence-electron chi connectivity index (χ4n) is 0. The van der Waals surface area contributed by atoms with E-state index >= 15 is 0 Å². The minimum absolute atomic E-state index is 0. The molecule has 0 aromatic carbocycles. The quantitative estimate of drug-likeness (QED) is 0.342. The predicted molar refractivity (Wildman–Crippen MR) is 27.1 cm³/mol. The van der Waals surface area contributed by atoms with Crippen LogP contribution in [-0.2, 0) is 24.0 Å². The molecule has 9 heavy (non-hydrogen) atoms. The Morgan fingerprint density at radius 1 is 1.22 bits per heavy atom. The van der Waals surface area contributed by atoms with Crippen LogP contribution in [-0.4, -0.2) is 4.89 Å². The Bertz CT molecular complexity index is 64.7. The first-order valence-electron chi connectivity index (χ1n) is 0.748. The van der Waals surface area contributed by atoms with E-state index in [4.69, 9.17) is 19.2 Å². The standard InChI is InChI=1S/ClH.2H3N.H3O4P.Zn/c;;;1-5(2,3)4;/h1H;2*1H3;(H3,1,2,3,4);/q;;;;+2/p-2. The molecule has 0 fully saturated rings. The summed E-state index contributed by atoms with van der Waals surface area (Å²) in [5.74, 6) is 0. The molecule has 0 spiro atoms. The molecule has 7 N–H and O–H groups in total. The monoisotopic (exact) mass is 230 g/mol. The molecule has 0 aromatic rings. The Morgan fingerprint density at radius 3 is 1.22 bits per heavy atom. The predicted octanol–water partition coefficient (Wildman–Crippen LogP) is -1.45. The molecule has 0 aromatic heterocycles. The zero-order chi connectivity index (χ0) is 4.50. The van der Waals surface area contributed by atoms with Gasteiger partial charge in [0.05, 0.1) is 7.82 Å². The van der Waals surface area contributed by atoms with Gasteiger partial charge in [-0.15, -0.1) is 12.4 Å². The summed E-state index contributed by atoms with van der Waals surface area (Å²) in [4.78, 5) is 24.3. The van der Waals surface area contributed by atoms with Crippen molar-refractivity contribution in [3.8, 4) is 0 Å². The largest absolute Gasteiger partial charge is 2.00 e. The fourth-order valence-corrected chi connectivity index (χ4v) is 0. The number of hydrogen-bond donors (Lipinski definition) is 3. The van der Waals surface area contributed by atoms with E-state index in [-0.39, 0.29) is 44.2 Å².